The van der Waals surface area contributed by atoms with Gasteiger partial charge in [-0.05, 0) is 55.5 Å². The van der Waals surface area contributed by atoms with E-state index < -0.39 is 10.0 Å². The van der Waals surface area contributed by atoms with E-state index in [0.717, 1.165) is 10.6 Å². The lowest BCUT2D eigenvalue weighted by molar-refractivity contribution is -0.120. The van der Waals surface area contributed by atoms with Gasteiger partial charge in [-0.25, -0.2) is 8.42 Å². The van der Waals surface area contributed by atoms with Crippen LogP contribution in [0.1, 0.15) is 12.8 Å². The molecule has 1 amide bonds. The highest BCUT2D eigenvalue weighted by Crippen LogP contribution is 2.30. The number of hydrogen-bond donors (Lipinski definition) is 1. The SMILES string of the molecule is CSc1cccc(NC(=O)C2CCN(S(=O)(=O)c3cc(Cl)ccc3Cl)CC2)c1. The van der Waals surface area contributed by atoms with Crippen molar-refractivity contribution in [2.24, 2.45) is 5.92 Å². The Morgan fingerprint density at radius 2 is 1.86 bits per heavy atom. The van der Waals surface area contributed by atoms with E-state index in [-0.39, 0.29) is 34.8 Å². The van der Waals surface area contributed by atoms with Crippen LogP contribution in [0.4, 0.5) is 5.69 Å². The number of amides is 1. The molecule has 1 fully saturated rings. The summed E-state index contributed by atoms with van der Waals surface area (Å²) < 4.78 is 27.1. The van der Waals surface area contributed by atoms with Gasteiger partial charge in [0.15, 0.2) is 0 Å². The molecule has 0 bridgehead atoms. The smallest absolute Gasteiger partial charge is 0.244 e. The van der Waals surface area contributed by atoms with Crippen LogP contribution in [0, 0.1) is 5.92 Å². The van der Waals surface area contributed by atoms with Gasteiger partial charge >= 0.3 is 0 Å². The summed E-state index contributed by atoms with van der Waals surface area (Å²) in [4.78, 5) is 13.6. The number of benzene rings is 2. The predicted octanol–water partition coefficient (Wildman–Crippen LogP) is 4.75. The average molecular weight is 459 g/mol. The van der Waals surface area contributed by atoms with Gasteiger partial charge in [-0.3, -0.25) is 4.79 Å². The van der Waals surface area contributed by atoms with Crippen molar-refractivity contribution in [1.82, 2.24) is 4.31 Å². The first-order chi connectivity index (χ1) is 13.3. The highest BCUT2D eigenvalue weighted by Gasteiger charge is 2.33. The molecular formula is C19H20Cl2N2O3S2. The quantitative estimate of drug-likeness (QED) is 0.656. The Balaban J connectivity index is 1.65. The number of nitrogens with zero attached hydrogens (tertiary/aromatic N) is 1. The lowest BCUT2D eigenvalue weighted by Crippen LogP contribution is -2.41. The molecule has 0 atom stereocenters. The number of sulfonamides is 1. The van der Waals surface area contributed by atoms with E-state index in [0.29, 0.717) is 17.9 Å². The Bertz CT molecular complexity index is 975. The molecule has 1 aliphatic heterocycles. The number of piperidine rings is 1. The summed E-state index contributed by atoms with van der Waals surface area (Å²) in [6, 6.07) is 12.0. The fourth-order valence-corrected chi connectivity index (χ4v) is 5.78. The molecule has 0 aliphatic carbocycles. The zero-order valence-electron chi connectivity index (χ0n) is 15.2. The number of nitrogens with one attached hydrogen (secondary N) is 1. The molecule has 0 aromatic heterocycles. The van der Waals surface area contributed by atoms with Crippen LogP contribution < -0.4 is 5.32 Å². The zero-order chi connectivity index (χ0) is 20.3. The summed E-state index contributed by atoms with van der Waals surface area (Å²) in [6.45, 7) is 0.516. The molecule has 2 aromatic rings. The third-order valence-corrected chi connectivity index (χ3v) is 8.01. The van der Waals surface area contributed by atoms with E-state index in [9.17, 15) is 13.2 Å². The van der Waals surface area contributed by atoms with E-state index in [4.69, 9.17) is 23.2 Å². The van der Waals surface area contributed by atoms with Crippen molar-refractivity contribution in [1.29, 1.82) is 0 Å². The number of rotatable bonds is 5. The number of anilines is 1. The van der Waals surface area contributed by atoms with E-state index in [1.807, 2.05) is 30.5 Å². The summed E-state index contributed by atoms with van der Waals surface area (Å²) in [5.41, 5.74) is 0.748. The molecule has 9 heteroatoms. The Morgan fingerprint density at radius 3 is 2.54 bits per heavy atom. The molecule has 1 saturated heterocycles. The normalized spacial score (nSPS) is 16.1. The Morgan fingerprint density at radius 1 is 1.14 bits per heavy atom. The molecule has 28 heavy (non-hydrogen) atoms. The molecule has 1 N–H and O–H groups in total. The van der Waals surface area contributed by atoms with Crippen molar-refractivity contribution in [3.63, 3.8) is 0 Å². The van der Waals surface area contributed by atoms with Gasteiger partial charge in [0.1, 0.15) is 4.90 Å². The molecule has 0 saturated carbocycles. The third kappa shape index (κ3) is 4.83. The first-order valence-electron chi connectivity index (χ1n) is 8.71. The van der Waals surface area contributed by atoms with Crippen LogP contribution >= 0.6 is 35.0 Å². The van der Waals surface area contributed by atoms with Gasteiger partial charge in [0, 0.05) is 34.6 Å². The molecule has 2 aromatic carbocycles. The number of thioether (sulfide) groups is 1. The monoisotopic (exact) mass is 458 g/mol. The molecule has 0 spiro atoms. The van der Waals surface area contributed by atoms with Crippen molar-refractivity contribution < 1.29 is 13.2 Å². The molecule has 5 nitrogen and oxygen atoms in total. The Hall–Kier alpha value is -1.25. The van der Waals surface area contributed by atoms with Gasteiger partial charge in [-0.15, -0.1) is 11.8 Å². The lowest BCUT2D eigenvalue weighted by atomic mass is 9.97. The predicted molar refractivity (Wildman–Crippen MR) is 115 cm³/mol. The van der Waals surface area contributed by atoms with E-state index >= 15 is 0 Å². The zero-order valence-corrected chi connectivity index (χ0v) is 18.3. The van der Waals surface area contributed by atoms with Crippen LogP contribution in [-0.4, -0.2) is 38.0 Å². The fourth-order valence-electron chi connectivity index (χ4n) is 3.12. The van der Waals surface area contributed by atoms with Crippen LogP contribution in [0.3, 0.4) is 0 Å². The average Bonchev–Trinajstić information content (AvgIpc) is 2.70. The van der Waals surface area contributed by atoms with Crippen LogP contribution in [0.25, 0.3) is 0 Å². The number of carbonyl (C=O) groups excluding carboxylic acids is 1. The summed E-state index contributed by atoms with van der Waals surface area (Å²) in [5, 5.41) is 3.38. The van der Waals surface area contributed by atoms with E-state index in [1.165, 1.54) is 16.4 Å². The number of hydrogen-bond acceptors (Lipinski definition) is 4. The first-order valence-corrected chi connectivity index (χ1v) is 12.1. The standard InChI is InChI=1S/C19H20Cl2N2O3S2/c1-27-16-4-2-3-15(12-16)22-19(24)13-7-9-23(10-8-13)28(25,26)18-11-14(20)5-6-17(18)21/h2-6,11-13H,7-10H2,1H3,(H,22,24). The molecule has 150 valence electrons. The van der Waals surface area contributed by atoms with Gasteiger partial charge in [0.05, 0.1) is 5.02 Å². The summed E-state index contributed by atoms with van der Waals surface area (Å²) in [6.07, 6.45) is 2.88. The van der Waals surface area contributed by atoms with Gasteiger partial charge in [0.2, 0.25) is 15.9 Å². The van der Waals surface area contributed by atoms with Crippen molar-refractivity contribution in [3.8, 4) is 0 Å². The topological polar surface area (TPSA) is 66.5 Å². The van der Waals surface area contributed by atoms with Gasteiger partial charge in [-0.1, -0.05) is 29.3 Å². The Kier molecular flexibility index (Phi) is 6.94. The minimum atomic E-state index is -3.75. The third-order valence-electron chi connectivity index (χ3n) is 4.67. The Labute approximate surface area is 179 Å². The first kappa shape index (κ1) is 21.5. The minimum Gasteiger partial charge on any atom is -0.326 e. The lowest BCUT2D eigenvalue weighted by Gasteiger charge is -2.30. The summed E-state index contributed by atoms with van der Waals surface area (Å²) in [7, 11) is -3.75. The van der Waals surface area contributed by atoms with Crippen molar-refractivity contribution in [2.45, 2.75) is 22.6 Å². The second kappa shape index (κ2) is 9.05. The van der Waals surface area contributed by atoms with Gasteiger partial charge < -0.3 is 5.32 Å². The van der Waals surface area contributed by atoms with Crippen molar-refractivity contribution >= 4 is 56.6 Å². The molecule has 1 heterocycles. The number of carbonyl (C=O) groups is 1. The molecule has 3 rings (SSSR count). The van der Waals surface area contributed by atoms with Crippen LogP contribution in [0.2, 0.25) is 10.0 Å². The van der Waals surface area contributed by atoms with E-state index in [2.05, 4.69) is 5.32 Å². The minimum absolute atomic E-state index is 0.00144. The maximum atomic E-state index is 12.9. The van der Waals surface area contributed by atoms with Gasteiger partial charge in [-0.2, -0.15) is 4.31 Å². The maximum Gasteiger partial charge on any atom is 0.244 e. The molecular weight excluding hydrogens is 439 g/mol. The second-order valence-electron chi connectivity index (χ2n) is 6.47. The number of halogens is 2. The van der Waals surface area contributed by atoms with Crippen LogP contribution in [0.5, 0.6) is 0 Å². The molecule has 0 unspecified atom stereocenters. The maximum absolute atomic E-state index is 12.9. The molecule has 1 aliphatic rings. The second-order valence-corrected chi connectivity index (χ2v) is 10.1. The van der Waals surface area contributed by atoms with Crippen LogP contribution in [-0.2, 0) is 14.8 Å². The highest BCUT2D eigenvalue weighted by atomic mass is 35.5. The fraction of sp³-hybridized carbons (Fsp3) is 0.316. The van der Waals surface area contributed by atoms with E-state index in [1.54, 1.807) is 17.8 Å². The summed E-state index contributed by atoms with van der Waals surface area (Å²) >= 11 is 13.6. The largest absolute Gasteiger partial charge is 0.326 e. The van der Waals surface area contributed by atoms with Crippen molar-refractivity contribution in [3.05, 3.63) is 52.5 Å². The highest BCUT2D eigenvalue weighted by molar-refractivity contribution is 7.98. The van der Waals surface area contributed by atoms with Crippen molar-refractivity contribution in [2.75, 3.05) is 24.7 Å². The molecule has 0 radical (unpaired) electrons. The van der Waals surface area contributed by atoms with Crippen LogP contribution in [0.15, 0.2) is 52.3 Å². The van der Waals surface area contributed by atoms with Gasteiger partial charge in [0.25, 0.3) is 0 Å². The summed E-state index contributed by atoms with van der Waals surface area (Å²) in [5.74, 6) is -0.324.